The van der Waals surface area contributed by atoms with Crippen LogP contribution in [0.1, 0.15) is 78.1 Å². The minimum Gasteiger partial charge on any atom is -0.362 e. The molecular formula is C21H34O3. The smallest absolute Gasteiger partial charge is 0.213 e. The summed E-state index contributed by atoms with van der Waals surface area (Å²) in [5, 5.41) is 18.8. The first-order valence-electron chi connectivity index (χ1n) is 10.3. The van der Waals surface area contributed by atoms with Gasteiger partial charge in [-0.2, -0.15) is 0 Å². The predicted octanol–water partition coefficient (Wildman–Crippen LogP) is 3.92. The Balaban J connectivity index is 1.60. The Kier molecular flexibility index (Phi) is 4.12. The number of ketones is 1. The van der Waals surface area contributed by atoms with E-state index >= 15 is 0 Å². The van der Waals surface area contributed by atoms with Crippen molar-refractivity contribution in [3.8, 4) is 0 Å². The second-order valence-corrected chi connectivity index (χ2v) is 9.85. The Hall–Kier alpha value is -0.410. The maximum absolute atomic E-state index is 12.4. The van der Waals surface area contributed by atoms with Gasteiger partial charge in [-0.25, -0.2) is 0 Å². The first-order valence-corrected chi connectivity index (χ1v) is 10.3. The molecule has 0 aromatic carbocycles. The molecule has 4 rings (SSSR count). The van der Waals surface area contributed by atoms with Crippen LogP contribution < -0.4 is 0 Å². The molecule has 0 aromatic rings. The molecule has 4 aliphatic carbocycles. The lowest BCUT2D eigenvalue weighted by Crippen LogP contribution is -2.53. The fourth-order valence-corrected chi connectivity index (χ4v) is 7.94. The van der Waals surface area contributed by atoms with Crippen LogP contribution in [0.2, 0.25) is 0 Å². The number of rotatable bonds is 2. The summed E-state index contributed by atoms with van der Waals surface area (Å²) in [6.07, 6.45) is 10.9. The lowest BCUT2D eigenvalue weighted by Gasteiger charge is -2.60. The molecule has 0 heterocycles. The quantitative estimate of drug-likeness (QED) is 0.753. The van der Waals surface area contributed by atoms with E-state index in [4.69, 9.17) is 0 Å². The number of Topliss-reactive ketones (excluding diaryl/α,β-unsaturated/α-hetero) is 1. The van der Waals surface area contributed by atoms with Crippen LogP contribution in [0.4, 0.5) is 0 Å². The maximum atomic E-state index is 12.4. The third-order valence-electron chi connectivity index (χ3n) is 9.18. The molecular weight excluding hydrogens is 300 g/mol. The minimum atomic E-state index is -1.78. The van der Waals surface area contributed by atoms with Crippen molar-refractivity contribution in [2.45, 2.75) is 84.3 Å². The number of hydrogen-bond acceptors (Lipinski definition) is 3. The molecule has 0 aliphatic heterocycles. The number of hydrogen-bond donors (Lipinski definition) is 2. The van der Waals surface area contributed by atoms with Gasteiger partial charge in [0.25, 0.3) is 0 Å². The fraction of sp³-hybridized carbons (Fsp3) is 0.952. The van der Waals surface area contributed by atoms with Gasteiger partial charge in [-0.15, -0.1) is 0 Å². The van der Waals surface area contributed by atoms with Gasteiger partial charge in [0.1, 0.15) is 0 Å². The SMILES string of the molecule is C[C@]12CCCC[C@H]1CC[C@H]1[C@@H]2CC[C@@]2(C)[C@@H](C(=O)C(O)O)CC[C@@H]12. The average Bonchev–Trinajstić information content (AvgIpc) is 2.90. The summed E-state index contributed by atoms with van der Waals surface area (Å²) in [6, 6.07) is 0. The molecule has 0 amide bonds. The molecule has 7 atom stereocenters. The highest BCUT2D eigenvalue weighted by molar-refractivity contribution is 5.84. The van der Waals surface area contributed by atoms with Crippen molar-refractivity contribution in [1.29, 1.82) is 0 Å². The van der Waals surface area contributed by atoms with Crippen LogP contribution in [-0.4, -0.2) is 22.3 Å². The maximum Gasteiger partial charge on any atom is 0.213 e. The van der Waals surface area contributed by atoms with Crippen molar-refractivity contribution in [2.24, 2.45) is 40.4 Å². The molecule has 0 spiro atoms. The lowest BCUT2D eigenvalue weighted by molar-refractivity contribution is -0.158. The van der Waals surface area contributed by atoms with E-state index in [1.165, 1.54) is 44.9 Å². The first-order chi connectivity index (χ1) is 11.4. The van der Waals surface area contributed by atoms with Crippen LogP contribution in [0.3, 0.4) is 0 Å². The largest absolute Gasteiger partial charge is 0.362 e. The summed E-state index contributed by atoms with van der Waals surface area (Å²) < 4.78 is 0. The molecule has 4 saturated carbocycles. The van der Waals surface area contributed by atoms with Gasteiger partial charge in [-0.05, 0) is 85.9 Å². The topological polar surface area (TPSA) is 57.5 Å². The summed E-state index contributed by atoms with van der Waals surface area (Å²) in [4.78, 5) is 12.4. The molecule has 3 heteroatoms. The van der Waals surface area contributed by atoms with Gasteiger partial charge in [0, 0.05) is 5.92 Å². The second kappa shape index (κ2) is 5.81. The highest BCUT2D eigenvalue weighted by Crippen LogP contribution is 2.67. The summed E-state index contributed by atoms with van der Waals surface area (Å²) in [5.41, 5.74) is 0.529. The van der Waals surface area contributed by atoms with Crippen LogP contribution in [0.25, 0.3) is 0 Å². The van der Waals surface area contributed by atoms with Crippen molar-refractivity contribution < 1.29 is 15.0 Å². The van der Waals surface area contributed by atoms with E-state index in [-0.39, 0.29) is 17.1 Å². The van der Waals surface area contributed by atoms with Crippen molar-refractivity contribution in [1.82, 2.24) is 0 Å². The molecule has 3 nitrogen and oxygen atoms in total. The van der Waals surface area contributed by atoms with Crippen molar-refractivity contribution in [3.63, 3.8) is 0 Å². The molecule has 0 aromatic heterocycles. The van der Waals surface area contributed by atoms with Crippen molar-refractivity contribution >= 4 is 5.78 Å². The van der Waals surface area contributed by atoms with Gasteiger partial charge in [0.2, 0.25) is 6.29 Å². The van der Waals surface area contributed by atoms with E-state index in [1.54, 1.807) is 0 Å². The van der Waals surface area contributed by atoms with Crippen molar-refractivity contribution in [2.75, 3.05) is 0 Å². The first kappa shape index (κ1) is 17.0. The second-order valence-electron chi connectivity index (χ2n) is 9.85. The molecule has 4 fully saturated rings. The summed E-state index contributed by atoms with van der Waals surface area (Å²) >= 11 is 0. The Morgan fingerprint density at radius 3 is 2.38 bits per heavy atom. The zero-order valence-corrected chi connectivity index (χ0v) is 15.3. The number of aliphatic hydroxyl groups excluding tert-OH is 1. The highest BCUT2D eigenvalue weighted by atomic mass is 16.5. The summed E-state index contributed by atoms with van der Waals surface area (Å²) in [5.74, 6) is 2.68. The van der Waals surface area contributed by atoms with Crippen LogP contribution in [-0.2, 0) is 4.79 Å². The minimum absolute atomic E-state index is 0.000175. The fourth-order valence-electron chi connectivity index (χ4n) is 7.94. The van der Waals surface area contributed by atoms with Gasteiger partial charge in [-0.3, -0.25) is 4.79 Å². The van der Waals surface area contributed by atoms with Gasteiger partial charge >= 0.3 is 0 Å². The third kappa shape index (κ3) is 2.26. The standard InChI is InChI=1S/C21H34O3/c1-20-11-4-3-5-13(20)6-7-14-15-8-9-17(18(22)19(23)24)21(15,2)12-10-16(14)20/h13-17,19,23-24H,3-12H2,1-2H3/t13-,14+,15-,16-,17+,20-,21+/m0/s1. The Labute approximate surface area is 146 Å². The third-order valence-corrected chi connectivity index (χ3v) is 9.18. The van der Waals surface area contributed by atoms with Crippen LogP contribution in [0.15, 0.2) is 0 Å². The average molecular weight is 335 g/mol. The van der Waals surface area contributed by atoms with E-state index in [0.29, 0.717) is 11.3 Å². The molecule has 0 unspecified atom stereocenters. The Morgan fingerprint density at radius 1 is 0.875 bits per heavy atom. The molecule has 4 aliphatic rings. The lowest BCUT2D eigenvalue weighted by atomic mass is 9.45. The van der Waals surface area contributed by atoms with E-state index in [1.807, 2.05) is 0 Å². The van der Waals surface area contributed by atoms with Crippen LogP contribution >= 0.6 is 0 Å². The highest BCUT2D eigenvalue weighted by Gasteiger charge is 2.61. The Bertz CT molecular complexity index is 515. The van der Waals surface area contributed by atoms with Gasteiger partial charge in [-0.1, -0.05) is 26.7 Å². The molecule has 136 valence electrons. The number of carbonyl (C=O) groups is 1. The molecule has 0 saturated heterocycles. The summed E-state index contributed by atoms with van der Waals surface area (Å²) in [7, 11) is 0. The van der Waals surface area contributed by atoms with Gasteiger partial charge in [0.15, 0.2) is 5.78 Å². The van der Waals surface area contributed by atoms with E-state index in [0.717, 1.165) is 37.0 Å². The van der Waals surface area contributed by atoms with Crippen LogP contribution in [0.5, 0.6) is 0 Å². The van der Waals surface area contributed by atoms with Crippen molar-refractivity contribution in [3.05, 3.63) is 0 Å². The van der Waals surface area contributed by atoms with E-state index < -0.39 is 6.29 Å². The van der Waals surface area contributed by atoms with Gasteiger partial charge < -0.3 is 10.2 Å². The van der Waals surface area contributed by atoms with E-state index in [9.17, 15) is 15.0 Å². The molecule has 0 radical (unpaired) electrons. The molecule has 0 bridgehead atoms. The predicted molar refractivity (Wildman–Crippen MR) is 93.1 cm³/mol. The zero-order chi connectivity index (χ0) is 17.1. The zero-order valence-electron chi connectivity index (χ0n) is 15.3. The Morgan fingerprint density at radius 2 is 1.62 bits per heavy atom. The normalized spacial score (nSPS) is 51.0. The number of fused-ring (bicyclic) bond motifs is 5. The number of carbonyl (C=O) groups excluding carboxylic acids is 1. The monoisotopic (exact) mass is 334 g/mol. The molecule has 24 heavy (non-hydrogen) atoms. The van der Waals surface area contributed by atoms with Crippen LogP contribution in [0, 0.1) is 40.4 Å². The summed E-state index contributed by atoms with van der Waals surface area (Å²) in [6.45, 7) is 4.85. The van der Waals surface area contributed by atoms with E-state index in [2.05, 4.69) is 13.8 Å². The number of aliphatic hydroxyl groups is 2. The van der Waals surface area contributed by atoms with Gasteiger partial charge in [0.05, 0.1) is 0 Å². The molecule has 2 N–H and O–H groups in total.